The average Bonchev–Trinajstić information content (AvgIpc) is 3.11. The molecule has 0 amide bonds. The smallest absolute Gasteiger partial charge is 0.311 e. The van der Waals surface area contributed by atoms with E-state index in [1.54, 1.807) is 0 Å². The van der Waals surface area contributed by atoms with E-state index in [1.165, 1.54) is 5.57 Å². The number of fused-ring (bicyclic) bond motifs is 2. The van der Waals surface area contributed by atoms with Crippen LogP contribution in [0.2, 0.25) is 0 Å². The summed E-state index contributed by atoms with van der Waals surface area (Å²) < 4.78 is 5.83. The quantitative estimate of drug-likeness (QED) is 0.581. The molecule has 0 spiro atoms. The van der Waals surface area contributed by atoms with Crippen LogP contribution in [0.5, 0.6) is 0 Å². The minimum atomic E-state index is -0.542. The molecule has 32 heavy (non-hydrogen) atoms. The van der Waals surface area contributed by atoms with Crippen LogP contribution in [0.15, 0.2) is 35.9 Å². The number of rotatable bonds is 3. The fourth-order valence-electron chi connectivity index (χ4n) is 6.49. The summed E-state index contributed by atoms with van der Waals surface area (Å²) in [4.78, 5) is 17.6. The van der Waals surface area contributed by atoms with Gasteiger partial charge in [0, 0.05) is 56.2 Å². The molecule has 5 rings (SSSR count). The molecule has 2 aliphatic carbocycles. The van der Waals surface area contributed by atoms with Crippen molar-refractivity contribution < 1.29 is 14.6 Å². The summed E-state index contributed by atoms with van der Waals surface area (Å²) >= 11 is 0. The van der Waals surface area contributed by atoms with E-state index >= 15 is 0 Å². The molecule has 0 unspecified atom stereocenters. The predicted octanol–water partition coefficient (Wildman–Crippen LogP) is 2.97. The van der Waals surface area contributed by atoms with Gasteiger partial charge in [0.05, 0.1) is 23.7 Å². The Morgan fingerprint density at radius 2 is 1.94 bits per heavy atom. The van der Waals surface area contributed by atoms with Crippen LogP contribution in [0.25, 0.3) is 0 Å². The normalized spacial score (nSPS) is 37.2. The molecule has 6 nitrogen and oxygen atoms in total. The summed E-state index contributed by atoms with van der Waals surface area (Å²) in [5, 5.41) is 20.5. The molecular weight excluding hydrogens is 402 g/mol. The molecule has 4 aliphatic rings. The van der Waals surface area contributed by atoms with E-state index in [2.05, 4.69) is 35.8 Å². The van der Waals surface area contributed by atoms with Crippen molar-refractivity contribution in [2.45, 2.75) is 45.3 Å². The van der Waals surface area contributed by atoms with Gasteiger partial charge in [-0.3, -0.25) is 9.69 Å². The maximum atomic E-state index is 12.9. The molecule has 6 heteroatoms. The Morgan fingerprint density at radius 3 is 2.62 bits per heavy atom. The summed E-state index contributed by atoms with van der Waals surface area (Å²) in [5.74, 6) is -0.111. The van der Waals surface area contributed by atoms with Gasteiger partial charge in [0.25, 0.3) is 0 Å². The van der Waals surface area contributed by atoms with Crippen molar-refractivity contribution in [3.8, 4) is 6.07 Å². The van der Waals surface area contributed by atoms with Crippen molar-refractivity contribution in [2.24, 2.45) is 23.2 Å². The third-order valence-corrected chi connectivity index (χ3v) is 8.76. The number of carbonyl (C=O) groups excluding carboxylic acids is 1. The lowest BCUT2D eigenvalue weighted by molar-refractivity contribution is -0.145. The largest absolute Gasteiger partial charge is 0.461 e. The highest BCUT2D eigenvalue weighted by Crippen LogP contribution is 2.56. The topological polar surface area (TPSA) is 76.8 Å². The van der Waals surface area contributed by atoms with Crippen molar-refractivity contribution in [3.63, 3.8) is 0 Å². The molecular formula is C26H33N3O3. The van der Waals surface area contributed by atoms with Crippen molar-refractivity contribution in [3.05, 3.63) is 41.5 Å². The molecule has 6 atom stereocenters. The number of aliphatic hydroxyl groups is 1. The van der Waals surface area contributed by atoms with Crippen LogP contribution in [0.4, 0.5) is 5.69 Å². The van der Waals surface area contributed by atoms with E-state index in [0.29, 0.717) is 18.0 Å². The summed E-state index contributed by atoms with van der Waals surface area (Å²) in [7, 11) is 0. The first kappa shape index (κ1) is 21.5. The summed E-state index contributed by atoms with van der Waals surface area (Å²) in [6, 6.07) is 9.88. The minimum absolute atomic E-state index is 0.123. The van der Waals surface area contributed by atoms with Crippen LogP contribution < -0.4 is 4.90 Å². The lowest BCUT2D eigenvalue weighted by Crippen LogP contribution is -2.55. The van der Waals surface area contributed by atoms with Gasteiger partial charge in [-0.1, -0.05) is 25.5 Å². The second-order valence-electron chi connectivity index (χ2n) is 10.2. The molecule has 170 valence electrons. The minimum Gasteiger partial charge on any atom is -0.461 e. The molecule has 0 radical (unpaired) electrons. The van der Waals surface area contributed by atoms with Crippen LogP contribution >= 0.6 is 0 Å². The van der Waals surface area contributed by atoms with E-state index in [9.17, 15) is 9.90 Å². The molecule has 2 aliphatic heterocycles. The SMILES string of the molecule is C[C@@H]1CCC=C2C[C@H]3OC(=O)[C@@H](CN4CCN(c5ccc(C#N)cc5)CC4)[C@H]3[C@H](O)[C@@]21C. The van der Waals surface area contributed by atoms with Crippen molar-refractivity contribution in [1.82, 2.24) is 4.90 Å². The highest BCUT2D eigenvalue weighted by Gasteiger charge is 2.59. The van der Waals surface area contributed by atoms with Crippen LogP contribution in [0.3, 0.4) is 0 Å². The molecule has 1 saturated carbocycles. The number of anilines is 1. The fraction of sp³-hybridized carbons (Fsp3) is 0.615. The maximum absolute atomic E-state index is 12.9. The number of nitrogens with zero attached hydrogens (tertiary/aromatic N) is 3. The number of hydrogen-bond donors (Lipinski definition) is 1. The lowest BCUT2D eigenvalue weighted by atomic mass is 9.55. The predicted molar refractivity (Wildman–Crippen MR) is 122 cm³/mol. The number of esters is 1. The molecule has 2 heterocycles. The molecule has 3 fully saturated rings. The maximum Gasteiger partial charge on any atom is 0.311 e. The highest BCUT2D eigenvalue weighted by atomic mass is 16.6. The van der Waals surface area contributed by atoms with Crippen molar-refractivity contribution in [1.29, 1.82) is 5.26 Å². The number of nitriles is 1. The second kappa shape index (κ2) is 8.20. The van der Waals surface area contributed by atoms with Gasteiger partial charge < -0.3 is 14.7 Å². The first-order chi connectivity index (χ1) is 15.4. The van der Waals surface area contributed by atoms with Gasteiger partial charge in [-0.2, -0.15) is 5.26 Å². The molecule has 1 aromatic carbocycles. The first-order valence-electron chi connectivity index (χ1n) is 12.0. The number of aliphatic hydroxyl groups excluding tert-OH is 1. The number of hydrogen-bond acceptors (Lipinski definition) is 6. The standard InChI is InChI=1S/C26H33N3O3/c1-17-4-3-5-19-14-22-23(24(30)26(17,19)2)21(25(31)32-22)16-28-10-12-29(13-11-28)20-8-6-18(15-27)7-9-20/h5-9,17,21-24,30H,3-4,10-14,16H2,1-2H3/t17-,21+,22-,23-,24+,26-/m1/s1. The lowest BCUT2D eigenvalue weighted by Gasteiger charge is -2.52. The van der Waals surface area contributed by atoms with E-state index in [-0.39, 0.29) is 29.3 Å². The van der Waals surface area contributed by atoms with Crippen molar-refractivity contribution >= 4 is 11.7 Å². The van der Waals surface area contributed by atoms with Crippen molar-refractivity contribution in [2.75, 3.05) is 37.6 Å². The molecule has 1 N–H and O–H groups in total. The van der Waals surface area contributed by atoms with Crippen LogP contribution in [0.1, 0.15) is 38.7 Å². The van der Waals surface area contributed by atoms with Gasteiger partial charge in [-0.25, -0.2) is 0 Å². The van der Waals surface area contributed by atoms with Gasteiger partial charge in [-0.15, -0.1) is 0 Å². The number of piperazine rings is 1. The van der Waals surface area contributed by atoms with E-state index in [1.807, 2.05) is 24.3 Å². The Kier molecular flexibility index (Phi) is 5.51. The van der Waals surface area contributed by atoms with E-state index in [4.69, 9.17) is 10.00 Å². The Hall–Kier alpha value is -2.36. The van der Waals surface area contributed by atoms with E-state index < -0.39 is 6.10 Å². The number of benzene rings is 1. The van der Waals surface area contributed by atoms with Gasteiger partial charge >= 0.3 is 5.97 Å². The Bertz CT molecular complexity index is 944. The number of allylic oxidation sites excluding steroid dienone is 1. The Balaban J connectivity index is 1.26. The highest BCUT2D eigenvalue weighted by molar-refractivity contribution is 5.76. The fourth-order valence-corrected chi connectivity index (χ4v) is 6.49. The zero-order valence-electron chi connectivity index (χ0n) is 19.0. The first-order valence-corrected chi connectivity index (χ1v) is 12.0. The molecule has 0 aromatic heterocycles. The number of ether oxygens (including phenoxy) is 1. The average molecular weight is 436 g/mol. The van der Waals surface area contributed by atoms with Crippen LogP contribution in [-0.4, -0.2) is 60.9 Å². The van der Waals surface area contributed by atoms with Gasteiger partial charge in [-0.05, 0) is 43.0 Å². The monoisotopic (exact) mass is 435 g/mol. The molecule has 1 aromatic rings. The Labute approximate surface area is 190 Å². The summed E-state index contributed by atoms with van der Waals surface area (Å²) in [5.41, 5.74) is 2.84. The second-order valence-corrected chi connectivity index (χ2v) is 10.2. The number of carbonyl (C=O) groups is 1. The third kappa shape index (κ3) is 3.43. The molecule has 2 saturated heterocycles. The zero-order valence-corrected chi connectivity index (χ0v) is 19.0. The van der Waals surface area contributed by atoms with Gasteiger partial charge in [0.1, 0.15) is 6.10 Å². The van der Waals surface area contributed by atoms with Gasteiger partial charge in [0.2, 0.25) is 0 Å². The zero-order chi connectivity index (χ0) is 22.5. The summed E-state index contributed by atoms with van der Waals surface area (Å²) in [6.07, 6.45) is 4.47. The summed E-state index contributed by atoms with van der Waals surface area (Å²) in [6.45, 7) is 8.59. The van der Waals surface area contributed by atoms with Crippen LogP contribution in [-0.2, 0) is 9.53 Å². The third-order valence-electron chi connectivity index (χ3n) is 8.76. The molecule has 0 bridgehead atoms. The van der Waals surface area contributed by atoms with E-state index in [0.717, 1.165) is 51.1 Å². The van der Waals surface area contributed by atoms with Crippen LogP contribution in [0, 0.1) is 34.5 Å². The van der Waals surface area contributed by atoms with Gasteiger partial charge in [0.15, 0.2) is 0 Å². The Morgan fingerprint density at radius 1 is 1.22 bits per heavy atom.